The number of aromatic nitrogens is 4. The first-order chi connectivity index (χ1) is 17.7. The summed E-state index contributed by atoms with van der Waals surface area (Å²) in [5.41, 5.74) is 8.74. The first kappa shape index (κ1) is 22.3. The van der Waals surface area contributed by atoms with Crippen molar-refractivity contribution < 1.29 is 5.11 Å². The van der Waals surface area contributed by atoms with E-state index in [1.807, 2.05) is 18.3 Å². The fourth-order valence-electron chi connectivity index (χ4n) is 5.03. The molecule has 0 saturated heterocycles. The first-order valence-corrected chi connectivity index (χ1v) is 12.5. The molecule has 6 heteroatoms. The number of H-pyrrole nitrogens is 2. The van der Waals surface area contributed by atoms with Crippen LogP contribution in [0.5, 0.6) is 5.75 Å². The molecule has 3 N–H and O–H groups in total. The third-order valence-corrected chi connectivity index (χ3v) is 7.02. The molecule has 0 radical (unpaired) electrons. The molecule has 0 fully saturated rings. The van der Waals surface area contributed by atoms with E-state index in [2.05, 4.69) is 81.6 Å². The van der Waals surface area contributed by atoms with Crippen LogP contribution in [0.2, 0.25) is 0 Å². The van der Waals surface area contributed by atoms with Crippen molar-refractivity contribution in [2.75, 3.05) is 19.6 Å². The Balaban J connectivity index is 1.19. The van der Waals surface area contributed by atoms with Gasteiger partial charge in [0.15, 0.2) is 5.82 Å². The number of nitrogens with one attached hydrogen (secondary N) is 2. The minimum absolute atomic E-state index is 0.297. The average molecular weight is 476 g/mol. The second-order valence-electron chi connectivity index (χ2n) is 9.36. The molecule has 0 bridgehead atoms. The van der Waals surface area contributed by atoms with Gasteiger partial charge < -0.3 is 10.1 Å². The Morgan fingerprint density at radius 3 is 2.78 bits per heavy atom. The van der Waals surface area contributed by atoms with Gasteiger partial charge in [0.05, 0.1) is 11.2 Å². The number of hydrogen-bond acceptors (Lipinski definition) is 4. The SMILES string of the molecule is CCc1cc(O)ccc1-c1ccc2c(-c3nc(C4=CCN(CCc5ccccc5)C4)c[nH]3)n[nH]c2c1. The molecule has 0 aliphatic carbocycles. The Labute approximate surface area is 210 Å². The maximum Gasteiger partial charge on any atom is 0.159 e. The second kappa shape index (κ2) is 9.47. The van der Waals surface area contributed by atoms with Crippen LogP contribution >= 0.6 is 0 Å². The first-order valence-electron chi connectivity index (χ1n) is 12.5. The molecule has 5 aromatic rings. The number of phenolic OH excluding ortho intramolecular Hbond substituents is 1. The third-order valence-electron chi connectivity index (χ3n) is 7.02. The fourth-order valence-corrected chi connectivity index (χ4v) is 5.03. The van der Waals surface area contributed by atoms with Gasteiger partial charge >= 0.3 is 0 Å². The van der Waals surface area contributed by atoms with Gasteiger partial charge in [-0.1, -0.05) is 55.5 Å². The lowest BCUT2D eigenvalue weighted by atomic mass is 9.97. The highest BCUT2D eigenvalue weighted by Gasteiger charge is 2.19. The van der Waals surface area contributed by atoms with Crippen LogP contribution in [0.25, 0.3) is 39.1 Å². The second-order valence-corrected chi connectivity index (χ2v) is 9.36. The normalized spacial score (nSPS) is 14.0. The van der Waals surface area contributed by atoms with Gasteiger partial charge in [-0.3, -0.25) is 10.00 Å². The van der Waals surface area contributed by atoms with E-state index in [-0.39, 0.29) is 0 Å². The van der Waals surface area contributed by atoms with Crippen molar-refractivity contribution in [2.45, 2.75) is 19.8 Å². The van der Waals surface area contributed by atoms with Gasteiger partial charge in [0.25, 0.3) is 0 Å². The topological polar surface area (TPSA) is 80.8 Å². The zero-order chi connectivity index (χ0) is 24.5. The molecule has 3 heterocycles. The summed E-state index contributed by atoms with van der Waals surface area (Å²) >= 11 is 0. The Morgan fingerprint density at radius 2 is 1.92 bits per heavy atom. The van der Waals surface area contributed by atoms with Crippen LogP contribution in [0.1, 0.15) is 23.7 Å². The molecule has 0 saturated carbocycles. The summed E-state index contributed by atoms with van der Waals surface area (Å²) in [6.45, 7) is 5.00. The smallest absolute Gasteiger partial charge is 0.159 e. The minimum atomic E-state index is 0.297. The van der Waals surface area contributed by atoms with Gasteiger partial charge in [0.1, 0.15) is 11.4 Å². The van der Waals surface area contributed by atoms with Crippen LogP contribution in [0, 0.1) is 0 Å². The number of aromatic hydroxyl groups is 1. The van der Waals surface area contributed by atoms with E-state index in [4.69, 9.17) is 4.98 Å². The van der Waals surface area contributed by atoms with E-state index in [1.165, 1.54) is 11.1 Å². The van der Waals surface area contributed by atoms with Crippen molar-refractivity contribution in [1.82, 2.24) is 25.1 Å². The summed E-state index contributed by atoms with van der Waals surface area (Å²) in [6, 6.07) is 22.5. The molecule has 180 valence electrons. The van der Waals surface area contributed by atoms with E-state index in [9.17, 15) is 5.11 Å². The Hall–Kier alpha value is -4.16. The van der Waals surface area contributed by atoms with E-state index in [1.54, 1.807) is 6.07 Å². The van der Waals surface area contributed by atoms with Crippen LogP contribution in [-0.4, -0.2) is 49.8 Å². The number of rotatable bonds is 7. The lowest BCUT2D eigenvalue weighted by Gasteiger charge is -2.15. The monoisotopic (exact) mass is 475 g/mol. The van der Waals surface area contributed by atoms with Gasteiger partial charge in [-0.2, -0.15) is 5.10 Å². The number of nitrogens with zero attached hydrogens (tertiary/aromatic N) is 3. The standard InChI is InChI=1S/C30H29N5O/c1-2-21-16-24(36)9-11-25(21)22-8-10-26-27(17-22)33-34-29(26)30-31-18-28(32-30)23-13-15-35(19-23)14-12-20-6-4-3-5-7-20/h3-11,13,16-18,36H,2,12,14-15,19H2,1H3,(H,31,32)(H,33,34). The van der Waals surface area contributed by atoms with Crippen molar-refractivity contribution >= 4 is 16.5 Å². The van der Waals surface area contributed by atoms with Crippen molar-refractivity contribution in [3.05, 3.63) is 95.8 Å². The van der Waals surface area contributed by atoms with E-state index in [0.29, 0.717) is 5.75 Å². The molecule has 0 amide bonds. The third kappa shape index (κ3) is 4.32. The fraction of sp³-hybridized carbons (Fsp3) is 0.200. The van der Waals surface area contributed by atoms with Crippen molar-refractivity contribution in [2.24, 2.45) is 0 Å². The van der Waals surface area contributed by atoms with E-state index in [0.717, 1.165) is 77.3 Å². The molecule has 0 unspecified atom stereocenters. The highest BCUT2D eigenvalue weighted by Crippen LogP contribution is 2.32. The van der Waals surface area contributed by atoms with E-state index >= 15 is 0 Å². The number of phenols is 1. The summed E-state index contributed by atoms with van der Waals surface area (Å²) in [5, 5.41) is 18.6. The lowest BCUT2D eigenvalue weighted by Crippen LogP contribution is -2.23. The summed E-state index contributed by atoms with van der Waals surface area (Å²) in [4.78, 5) is 10.7. The molecule has 0 spiro atoms. The van der Waals surface area contributed by atoms with Crippen LogP contribution in [0.15, 0.2) is 79.0 Å². The van der Waals surface area contributed by atoms with Gasteiger partial charge in [-0.25, -0.2) is 4.98 Å². The number of aryl methyl sites for hydroxylation is 1. The Bertz CT molecular complexity index is 1550. The average Bonchev–Trinajstić information content (AvgIpc) is 3.67. The molecule has 1 aliphatic heterocycles. The summed E-state index contributed by atoms with van der Waals surface area (Å²) in [7, 11) is 0. The summed E-state index contributed by atoms with van der Waals surface area (Å²) in [5.74, 6) is 1.07. The molecule has 36 heavy (non-hydrogen) atoms. The number of fused-ring (bicyclic) bond motifs is 1. The van der Waals surface area contributed by atoms with Crippen molar-refractivity contribution in [1.29, 1.82) is 0 Å². The van der Waals surface area contributed by atoms with Crippen LogP contribution in [0.3, 0.4) is 0 Å². The molecule has 6 nitrogen and oxygen atoms in total. The number of aromatic amines is 2. The summed E-state index contributed by atoms with van der Waals surface area (Å²) < 4.78 is 0. The van der Waals surface area contributed by atoms with Gasteiger partial charge in [0, 0.05) is 31.2 Å². The van der Waals surface area contributed by atoms with Crippen LogP contribution < -0.4 is 0 Å². The lowest BCUT2D eigenvalue weighted by molar-refractivity contribution is 0.360. The van der Waals surface area contributed by atoms with Crippen LogP contribution in [0.4, 0.5) is 0 Å². The Kier molecular flexibility index (Phi) is 5.87. The highest BCUT2D eigenvalue weighted by atomic mass is 16.3. The molecule has 6 rings (SSSR count). The number of imidazole rings is 1. The zero-order valence-corrected chi connectivity index (χ0v) is 20.3. The van der Waals surface area contributed by atoms with Gasteiger partial charge in [-0.15, -0.1) is 0 Å². The maximum absolute atomic E-state index is 9.85. The van der Waals surface area contributed by atoms with Crippen LogP contribution in [-0.2, 0) is 12.8 Å². The molecule has 2 aromatic heterocycles. The largest absolute Gasteiger partial charge is 0.508 e. The predicted octanol–water partition coefficient (Wildman–Crippen LogP) is 5.83. The summed E-state index contributed by atoms with van der Waals surface area (Å²) in [6.07, 6.45) is 6.17. The molecular formula is C30H29N5O. The van der Waals surface area contributed by atoms with E-state index < -0.39 is 0 Å². The Morgan fingerprint density at radius 1 is 1.03 bits per heavy atom. The minimum Gasteiger partial charge on any atom is -0.508 e. The van der Waals surface area contributed by atoms with Gasteiger partial charge in [0.2, 0.25) is 0 Å². The highest BCUT2D eigenvalue weighted by molar-refractivity contribution is 5.94. The predicted molar refractivity (Wildman–Crippen MR) is 145 cm³/mol. The molecule has 1 aliphatic rings. The quantitative estimate of drug-likeness (QED) is 0.277. The number of benzene rings is 3. The molecule has 0 atom stereocenters. The molecule has 3 aromatic carbocycles. The zero-order valence-electron chi connectivity index (χ0n) is 20.3. The van der Waals surface area contributed by atoms with Crippen molar-refractivity contribution in [3.63, 3.8) is 0 Å². The molecular weight excluding hydrogens is 446 g/mol. The van der Waals surface area contributed by atoms with Gasteiger partial charge in [-0.05, 0) is 64.9 Å². The number of hydrogen-bond donors (Lipinski definition) is 3. The van der Waals surface area contributed by atoms with Crippen molar-refractivity contribution in [3.8, 4) is 28.4 Å². The maximum atomic E-state index is 9.85.